The fourth-order valence-corrected chi connectivity index (χ4v) is 2.14. The highest BCUT2D eigenvalue weighted by atomic mass is 32.2. The van der Waals surface area contributed by atoms with Gasteiger partial charge >= 0.3 is 0 Å². The Kier molecular flexibility index (Phi) is 4.78. The van der Waals surface area contributed by atoms with Crippen LogP contribution < -0.4 is 14.8 Å². The lowest BCUT2D eigenvalue weighted by Gasteiger charge is -2.21. The molecule has 1 aliphatic heterocycles. The third-order valence-electron chi connectivity index (χ3n) is 3.18. The standard InChI is InChI=1S/C14H21NO2S/c1-10(18-3)9-15-11(2)12-4-5-13-14(8-12)17-7-6-16-13/h4-5,8,10-11,15H,6-7,9H2,1-3H3. The number of benzene rings is 1. The largest absolute Gasteiger partial charge is 0.486 e. The van der Waals surface area contributed by atoms with Crippen LogP contribution >= 0.6 is 11.8 Å². The summed E-state index contributed by atoms with van der Waals surface area (Å²) in [5.41, 5.74) is 1.24. The Labute approximate surface area is 113 Å². The van der Waals surface area contributed by atoms with Crippen LogP contribution in [-0.2, 0) is 0 Å². The zero-order chi connectivity index (χ0) is 13.0. The lowest BCUT2D eigenvalue weighted by molar-refractivity contribution is 0.171. The van der Waals surface area contributed by atoms with Crippen LogP contribution in [0.5, 0.6) is 11.5 Å². The molecule has 0 radical (unpaired) electrons. The third-order valence-corrected chi connectivity index (χ3v) is 4.15. The van der Waals surface area contributed by atoms with Crippen molar-refractivity contribution in [3.63, 3.8) is 0 Å². The summed E-state index contributed by atoms with van der Waals surface area (Å²) in [5, 5.41) is 4.17. The zero-order valence-corrected chi connectivity index (χ0v) is 12.0. The van der Waals surface area contributed by atoms with Crippen molar-refractivity contribution in [3.8, 4) is 11.5 Å². The molecule has 100 valence electrons. The quantitative estimate of drug-likeness (QED) is 0.888. The van der Waals surface area contributed by atoms with E-state index in [1.54, 1.807) is 0 Å². The fraction of sp³-hybridized carbons (Fsp3) is 0.571. The van der Waals surface area contributed by atoms with Gasteiger partial charge in [-0.15, -0.1) is 0 Å². The van der Waals surface area contributed by atoms with Gasteiger partial charge in [0, 0.05) is 17.8 Å². The Morgan fingerprint density at radius 1 is 1.22 bits per heavy atom. The second-order valence-corrected chi connectivity index (χ2v) is 5.86. The molecule has 4 heteroatoms. The highest BCUT2D eigenvalue weighted by molar-refractivity contribution is 7.99. The second-order valence-electron chi connectivity index (χ2n) is 4.58. The lowest BCUT2D eigenvalue weighted by atomic mass is 10.1. The molecule has 0 saturated heterocycles. The maximum atomic E-state index is 5.60. The Morgan fingerprint density at radius 2 is 1.94 bits per heavy atom. The van der Waals surface area contributed by atoms with Crippen LogP contribution in [0, 0.1) is 0 Å². The summed E-state index contributed by atoms with van der Waals surface area (Å²) in [7, 11) is 0. The molecule has 1 N–H and O–H groups in total. The number of rotatable bonds is 5. The van der Waals surface area contributed by atoms with Gasteiger partial charge in [0.15, 0.2) is 11.5 Å². The Balaban J connectivity index is 1.99. The molecule has 0 aromatic heterocycles. The van der Waals surface area contributed by atoms with Crippen LogP contribution in [0.4, 0.5) is 0 Å². The number of hydrogen-bond acceptors (Lipinski definition) is 4. The summed E-state index contributed by atoms with van der Waals surface area (Å²) >= 11 is 1.88. The van der Waals surface area contributed by atoms with Crippen LogP contribution in [0.2, 0.25) is 0 Å². The van der Waals surface area contributed by atoms with Crippen LogP contribution in [-0.4, -0.2) is 31.3 Å². The summed E-state index contributed by atoms with van der Waals surface area (Å²) in [6, 6.07) is 6.51. The van der Waals surface area contributed by atoms with Gasteiger partial charge < -0.3 is 14.8 Å². The highest BCUT2D eigenvalue weighted by Crippen LogP contribution is 2.32. The van der Waals surface area contributed by atoms with Crippen molar-refractivity contribution >= 4 is 11.8 Å². The Morgan fingerprint density at radius 3 is 2.67 bits per heavy atom. The topological polar surface area (TPSA) is 30.5 Å². The molecule has 1 aromatic rings. The minimum Gasteiger partial charge on any atom is -0.486 e. The van der Waals surface area contributed by atoms with E-state index in [1.165, 1.54) is 5.56 Å². The van der Waals surface area contributed by atoms with Gasteiger partial charge in [-0.2, -0.15) is 11.8 Å². The van der Waals surface area contributed by atoms with Gasteiger partial charge in [0.25, 0.3) is 0 Å². The van der Waals surface area contributed by atoms with Crippen molar-refractivity contribution in [1.82, 2.24) is 5.32 Å². The first-order valence-corrected chi connectivity index (χ1v) is 7.65. The molecule has 2 atom stereocenters. The van der Waals surface area contributed by atoms with E-state index in [4.69, 9.17) is 9.47 Å². The van der Waals surface area contributed by atoms with Crippen LogP contribution in [0.15, 0.2) is 18.2 Å². The molecule has 18 heavy (non-hydrogen) atoms. The Bertz CT molecular complexity index is 397. The van der Waals surface area contributed by atoms with E-state index < -0.39 is 0 Å². The minimum atomic E-state index is 0.329. The SMILES string of the molecule is CSC(C)CNC(C)c1ccc2c(c1)OCCO2. The molecule has 1 heterocycles. The minimum absolute atomic E-state index is 0.329. The molecule has 0 amide bonds. The van der Waals surface area contributed by atoms with Crippen molar-refractivity contribution in [3.05, 3.63) is 23.8 Å². The first kappa shape index (κ1) is 13.6. The summed E-state index contributed by atoms with van der Waals surface area (Å²) in [6.45, 7) is 6.70. The van der Waals surface area contributed by atoms with Crippen molar-refractivity contribution in [2.24, 2.45) is 0 Å². The number of fused-ring (bicyclic) bond motifs is 1. The molecule has 0 bridgehead atoms. The molecule has 1 aromatic carbocycles. The number of hydrogen-bond donors (Lipinski definition) is 1. The van der Waals surface area contributed by atoms with E-state index in [1.807, 2.05) is 17.8 Å². The molecule has 0 spiro atoms. The summed E-state index contributed by atoms with van der Waals surface area (Å²) in [6.07, 6.45) is 2.14. The molecule has 2 rings (SSSR count). The summed E-state index contributed by atoms with van der Waals surface area (Å²) < 4.78 is 11.1. The fourth-order valence-electron chi connectivity index (χ4n) is 1.87. The van der Waals surface area contributed by atoms with Gasteiger partial charge in [-0.25, -0.2) is 0 Å². The maximum Gasteiger partial charge on any atom is 0.161 e. The first-order chi connectivity index (χ1) is 8.70. The van der Waals surface area contributed by atoms with Gasteiger partial charge in [-0.05, 0) is 30.9 Å². The molecule has 1 aliphatic rings. The summed E-state index contributed by atoms with van der Waals surface area (Å²) in [4.78, 5) is 0. The van der Waals surface area contributed by atoms with Crippen molar-refractivity contribution in [1.29, 1.82) is 0 Å². The third kappa shape index (κ3) is 3.33. The molecule has 2 unspecified atom stereocenters. The van der Waals surface area contributed by atoms with E-state index in [0.717, 1.165) is 18.0 Å². The van der Waals surface area contributed by atoms with Crippen molar-refractivity contribution in [2.45, 2.75) is 25.1 Å². The van der Waals surface area contributed by atoms with E-state index in [2.05, 4.69) is 37.6 Å². The molecule has 3 nitrogen and oxygen atoms in total. The lowest BCUT2D eigenvalue weighted by Crippen LogP contribution is -2.25. The van der Waals surface area contributed by atoms with E-state index in [9.17, 15) is 0 Å². The number of thioether (sulfide) groups is 1. The van der Waals surface area contributed by atoms with Gasteiger partial charge in [-0.3, -0.25) is 0 Å². The van der Waals surface area contributed by atoms with Gasteiger partial charge in [0.05, 0.1) is 0 Å². The number of nitrogens with one attached hydrogen (secondary N) is 1. The predicted octanol–water partition coefficient (Wildman–Crippen LogP) is 2.86. The van der Waals surface area contributed by atoms with Gasteiger partial charge in [0.2, 0.25) is 0 Å². The first-order valence-electron chi connectivity index (χ1n) is 6.36. The van der Waals surface area contributed by atoms with Gasteiger partial charge in [-0.1, -0.05) is 13.0 Å². The second kappa shape index (κ2) is 6.34. The molecular formula is C14H21NO2S. The van der Waals surface area contributed by atoms with Crippen molar-refractivity contribution < 1.29 is 9.47 Å². The van der Waals surface area contributed by atoms with Crippen LogP contribution in [0.25, 0.3) is 0 Å². The molecular weight excluding hydrogens is 246 g/mol. The van der Waals surface area contributed by atoms with Crippen LogP contribution in [0.3, 0.4) is 0 Å². The normalized spacial score (nSPS) is 17.3. The van der Waals surface area contributed by atoms with Crippen molar-refractivity contribution in [2.75, 3.05) is 26.0 Å². The van der Waals surface area contributed by atoms with E-state index in [0.29, 0.717) is 24.5 Å². The molecule has 0 saturated carbocycles. The average molecular weight is 267 g/mol. The molecule has 0 aliphatic carbocycles. The number of ether oxygens (including phenoxy) is 2. The monoisotopic (exact) mass is 267 g/mol. The van der Waals surface area contributed by atoms with Gasteiger partial charge in [0.1, 0.15) is 13.2 Å². The highest BCUT2D eigenvalue weighted by Gasteiger charge is 2.14. The van der Waals surface area contributed by atoms with E-state index >= 15 is 0 Å². The zero-order valence-electron chi connectivity index (χ0n) is 11.2. The maximum absolute atomic E-state index is 5.60. The summed E-state index contributed by atoms with van der Waals surface area (Å²) in [5.74, 6) is 1.72. The Hall–Kier alpha value is -0.870. The predicted molar refractivity (Wildman–Crippen MR) is 76.8 cm³/mol. The smallest absolute Gasteiger partial charge is 0.161 e. The average Bonchev–Trinajstić information content (AvgIpc) is 2.43. The van der Waals surface area contributed by atoms with Crippen LogP contribution in [0.1, 0.15) is 25.5 Å². The van der Waals surface area contributed by atoms with E-state index in [-0.39, 0.29) is 0 Å². The molecule has 0 fully saturated rings.